The molecule has 1 aromatic heterocycles. The van der Waals surface area contributed by atoms with Gasteiger partial charge in [-0.25, -0.2) is 4.68 Å². The van der Waals surface area contributed by atoms with Gasteiger partial charge in [-0.3, -0.25) is 4.79 Å². The van der Waals surface area contributed by atoms with Crippen molar-refractivity contribution in [2.45, 2.75) is 32.7 Å². The molecule has 3 nitrogen and oxygen atoms in total. The summed E-state index contributed by atoms with van der Waals surface area (Å²) >= 11 is 11.6. The smallest absolute Gasteiger partial charge is 0.266 e. The van der Waals surface area contributed by atoms with Gasteiger partial charge in [0.2, 0.25) is 0 Å². The quantitative estimate of drug-likeness (QED) is 0.843. The molecule has 0 unspecified atom stereocenters. The summed E-state index contributed by atoms with van der Waals surface area (Å²) in [5.41, 5.74) is 1.97. The lowest BCUT2D eigenvalue weighted by atomic mass is 9.87. The highest BCUT2D eigenvalue weighted by molar-refractivity contribution is 6.41. The van der Waals surface area contributed by atoms with Crippen molar-refractivity contribution in [1.29, 1.82) is 0 Å². The summed E-state index contributed by atoms with van der Waals surface area (Å²) < 4.78 is 1.31. The third-order valence-electron chi connectivity index (χ3n) is 3.09. The van der Waals surface area contributed by atoms with Gasteiger partial charge in [-0.05, 0) is 16.5 Å². The maximum atomic E-state index is 11.9. The monoisotopic (exact) mass is 310 g/mol. The van der Waals surface area contributed by atoms with Crippen LogP contribution in [0.2, 0.25) is 10.0 Å². The van der Waals surface area contributed by atoms with Gasteiger partial charge in [0.25, 0.3) is 5.56 Å². The van der Waals surface area contributed by atoms with Crippen LogP contribution in [0.15, 0.2) is 35.3 Å². The van der Waals surface area contributed by atoms with E-state index in [-0.39, 0.29) is 21.0 Å². The van der Waals surface area contributed by atoms with Gasteiger partial charge in [0.1, 0.15) is 5.02 Å². The second-order valence-corrected chi connectivity index (χ2v) is 6.50. The van der Waals surface area contributed by atoms with Crippen LogP contribution in [-0.4, -0.2) is 9.78 Å². The molecule has 0 amide bonds. The molecule has 0 spiro atoms. The molecule has 0 saturated heterocycles. The summed E-state index contributed by atoms with van der Waals surface area (Å²) in [6.07, 6.45) is 1.38. The normalized spacial score (nSPS) is 11.7. The molecule has 0 aliphatic rings. The van der Waals surface area contributed by atoms with E-state index in [0.29, 0.717) is 6.54 Å². The van der Waals surface area contributed by atoms with E-state index >= 15 is 0 Å². The fraction of sp³-hybridized carbons (Fsp3) is 0.333. The lowest BCUT2D eigenvalue weighted by Crippen LogP contribution is -2.23. The van der Waals surface area contributed by atoms with Crippen LogP contribution in [-0.2, 0) is 12.0 Å². The topological polar surface area (TPSA) is 34.9 Å². The highest BCUT2D eigenvalue weighted by Crippen LogP contribution is 2.22. The Labute approximate surface area is 128 Å². The molecule has 1 heterocycles. The number of nitrogens with zero attached hydrogens (tertiary/aromatic N) is 2. The summed E-state index contributed by atoms with van der Waals surface area (Å²) in [5, 5.41) is 4.18. The van der Waals surface area contributed by atoms with Crippen molar-refractivity contribution in [3.63, 3.8) is 0 Å². The van der Waals surface area contributed by atoms with Crippen molar-refractivity contribution in [2.75, 3.05) is 0 Å². The van der Waals surface area contributed by atoms with Crippen molar-refractivity contribution in [2.24, 2.45) is 0 Å². The first-order valence-electron chi connectivity index (χ1n) is 6.29. The van der Waals surface area contributed by atoms with E-state index in [9.17, 15) is 4.79 Å². The van der Waals surface area contributed by atoms with E-state index in [0.717, 1.165) is 5.56 Å². The minimum atomic E-state index is -0.376. The summed E-state index contributed by atoms with van der Waals surface area (Å²) in [7, 11) is 0. The molecule has 106 valence electrons. The number of rotatable bonds is 2. The minimum Gasteiger partial charge on any atom is -0.266 e. The van der Waals surface area contributed by atoms with Crippen LogP contribution in [0, 0.1) is 0 Å². The van der Waals surface area contributed by atoms with E-state index in [1.54, 1.807) is 0 Å². The zero-order valence-corrected chi connectivity index (χ0v) is 13.2. The summed E-state index contributed by atoms with van der Waals surface area (Å²) in [6, 6.07) is 8.13. The second kappa shape index (κ2) is 5.58. The predicted octanol–water partition coefficient (Wildman–Crippen LogP) is 3.90. The van der Waals surface area contributed by atoms with Crippen molar-refractivity contribution in [3.8, 4) is 0 Å². The van der Waals surface area contributed by atoms with Crippen molar-refractivity contribution >= 4 is 23.2 Å². The number of hydrogen-bond acceptors (Lipinski definition) is 2. The molecule has 0 radical (unpaired) electrons. The summed E-state index contributed by atoms with van der Waals surface area (Å²) in [4.78, 5) is 11.9. The first kappa shape index (κ1) is 15.1. The molecular weight excluding hydrogens is 295 g/mol. The maximum Gasteiger partial charge on any atom is 0.287 e. The second-order valence-electron chi connectivity index (χ2n) is 5.72. The zero-order valence-electron chi connectivity index (χ0n) is 11.7. The minimum absolute atomic E-state index is 0.00739. The lowest BCUT2D eigenvalue weighted by Gasteiger charge is -2.19. The van der Waals surface area contributed by atoms with E-state index in [4.69, 9.17) is 23.2 Å². The number of halogens is 2. The molecule has 0 saturated carbocycles. The Balaban J connectivity index is 2.28. The van der Waals surface area contributed by atoms with E-state index in [1.165, 1.54) is 16.4 Å². The van der Waals surface area contributed by atoms with E-state index in [2.05, 4.69) is 38.0 Å². The van der Waals surface area contributed by atoms with Crippen LogP contribution in [0.1, 0.15) is 31.9 Å². The fourth-order valence-electron chi connectivity index (χ4n) is 1.84. The Morgan fingerprint density at radius 1 is 1.15 bits per heavy atom. The molecular formula is C15H16Cl2N2O. The predicted molar refractivity (Wildman–Crippen MR) is 82.8 cm³/mol. The highest BCUT2D eigenvalue weighted by Gasteiger charge is 2.13. The molecule has 5 heteroatoms. The number of benzene rings is 1. The molecule has 0 fully saturated rings. The lowest BCUT2D eigenvalue weighted by molar-refractivity contribution is 0.588. The largest absolute Gasteiger partial charge is 0.287 e. The van der Waals surface area contributed by atoms with Gasteiger partial charge in [-0.1, -0.05) is 68.2 Å². The molecule has 0 atom stereocenters. The zero-order chi connectivity index (χ0) is 14.9. The van der Waals surface area contributed by atoms with Crippen LogP contribution in [0.4, 0.5) is 0 Å². The third kappa shape index (κ3) is 3.22. The van der Waals surface area contributed by atoms with E-state index < -0.39 is 0 Å². The molecule has 0 bridgehead atoms. The van der Waals surface area contributed by atoms with Crippen LogP contribution < -0.4 is 5.56 Å². The van der Waals surface area contributed by atoms with Gasteiger partial charge in [-0.2, -0.15) is 5.10 Å². The molecule has 2 aromatic rings. The standard InChI is InChI=1S/C15H16Cl2N2O/c1-15(2,3)11-6-4-10(5-7-11)9-19-14(20)13(17)12(16)8-18-19/h4-8H,9H2,1-3H3. The van der Waals surface area contributed by atoms with Crippen LogP contribution in [0.3, 0.4) is 0 Å². The van der Waals surface area contributed by atoms with Crippen LogP contribution >= 0.6 is 23.2 Å². The summed E-state index contributed by atoms with van der Waals surface area (Å²) in [6.45, 7) is 6.85. The number of hydrogen-bond donors (Lipinski definition) is 0. The number of aromatic nitrogens is 2. The maximum absolute atomic E-state index is 11.9. The first-order valence-corrected chi connectivity index (χ1v) is 7.05. The molecule has 0 aliphatic heterocycles. The van der Waals surface area contributed by atoms with Crippen molar-refractivity contribution < 1.29 is 0 Å². The molecule has 0 aliphatic carbocycles. The molecule has 1 aromatic carbocycles. The van der Waals surface area contributed by atoms with Crippen molar-refractivity contribution in [1.82, 2.24) is 9.78 Å². The third-order valence-corrected chi connectivity index (χ3v) is 3.84. The van der Waals surface area contributed by atoms with E-state index in [1.807, 2.05) is 12.1 Å². The molecule has 20 heavy (non-hydrogen) atoms. The van der Waals surface area contributed by atoms with Crippen molar-refractivity contribution in [3.05, 3.63) is 62.0 Å². The SMILES string of the molecule is CC(C)(C)c1ccc(Cn2ncc(Cl)c(Cl)c2=O)cc1. The van der Waals surface area contributed by atoms with Gasteiger partial charge in [0, 0.05) is 0 Å². The Kier molecular flexibility index (Phi) is 4.21. The fourth-order valence-corrected chi connectivity index (χ4v) is 2.11. The first-order chi connectivity index (χ1) is 9.29. The average Bonchev–Trinajstić information content (AvgIpc) is 2.39. The Morgan fingerprint density at radius 2 is 1.75 bits per heavy atom. The Hall–Kier alpha value is -1.32. The van der Waals surface area contributed by atoms with Gasteiger partial charge in [0.15, 0.2) is 0 Å². The molecule has 2 rings (SSSR count). The van der Waals surface area contributed by atoms with Crippen LogP contribution in [0.25, 0.3) is 0 Å². The summed E-state index contributed by atoms with van der Waals surface area (Å²) in [5.74, 6) is 0. The highest BCUT2D eigenvalue weighted by atomic mass is 35.5. The Morgan fingerprint density at radius 3 is 2.30 bits per heavy atom. The van der Waals surface area contributed by atoms with Gasteiger partial charge in [0.05, 0.1) is 17.8 Å². The Bertz CT molecular complexity index is 670. The average molecular weight is 311 g/mol. The van der Waals surface area contributed by atoms with Crippen LogP contribution in [0.5, 0.6) is 0 Å². The van der Waals surface area contributed by atoms with Gasteiger partial charge >= 0.3 is 0 Å². The van der Waals surface area contributed by atoms with Gasteiger partial charge in [-0.15, -0.1) is 0 Å². The molecule has 0 N–H and O–H groups in total. The van der Waals surface area contributed by atoms with Gasteiger partial charge < -0.3 is 0 Å².